The van der Waals surface area contributed by atoms with E-state index in [1.54, 1.807) is 29.2 Å². The fraction of sp³-hybridized carbons (Fsp3) is 0.273. The lowest BCUT2D eigenvalue weighted by atomic mass is 10.1. The van der Waals surface area contributed by atoms with Crippen molar-refractivity contribution in [3.63, 3.8) is 0 Å². The number of carbonyl (C=O) groups excluding carboxylic acids is 2. The molecule has 1 aliphatic heterocycles. The van der Waals surface area contributed by atoms with E-state index in [1.807, 2.05) is 38.1 Å². The molecule has 1 aromatic heterocycles. The summed E-state index contributed by atoms with van der Waals surface area (Å²) in [5.41, 5.74) is 3.66. The van der Waals surface area contributed by atoms with Gasteiger partial charge < -0.3 is 14.7 Å². The van der Waals surface area contributed by atoms with E-state index in [0.717, 1.165) is 16.8 Å². The Balaban J connectivity index is 1.41. The van der Waals surface area contributed by atoms with Crippen LogP contribution in [0.15, 0.2) is 53.1 Å². The maximum atomic E-state index is 12.6. The van der Waals surface area contributed by atoms with Gasteiger partial charge in [0, 0.05) is 30.1 Å². The molecule has 1 aliphatic rings. The van der Waals surface area contributed by atoms with Crippen molar-refractivity contribution in [3.05, 3.63) is 76.9 Å². The minimum atomic E-state index is -0.206. The summed E-state index contributed by atoms with van der Waals surface area (Å²) in [6.07, 6.45) is 0.336. The molecular formula is C22H22N4O3. The van der Waals surface area contributed by atoms with Crippen molar-refractivity contribution >= 4 is 17.5 Å². The number of nitrogens with zero attached hydrogens (tertiary/aromatic N) is 3. The summed E-state index contributed by atoms with van der Waals surface area (Å²) in [6.45, 7) is 4.66. The van der Waals surface area contributed by atoms with Crippen LogP contribution < -0.4 is 10.2 Å². The zero-order valence-corrected chi connectivity index (χ0v) is 16.4. The van der Waals surface area contributed by atoms with E-state index >= 15 is 0 Å². The zero-order chi connectivity index (χ0) is 20.4. The van der Waals surface area contributed by atoms with Gasteiger partial charge in [0.05, 0.1) is 6.54 Å². The number of rotatable bonds is 5. The first-order chi connectivity index (χ1) is 14.0. The molecule has 29 heavy (non-hydrogen) atoms. The average Bonchev–Trinajstić information content (AvgIpc) is 3.35. The Labute approximate surface area is 168 Å². The Morgan fingerprint density at radius 3 is 2.79 bits per heavy atom. The van der Waals surface area contributed by atoms with E-state index in [1.165, 1.54) is 0 Å². The van der Waals surface area contributed by atoms with Gasteiger partial charge in [-0.25, -0.2) is 0 Å². The van der Waals surface area contributed by atoms with Crippen LogP contribution >= 0.6 is 0 Å². The summed E-state index contributed by atoms with van der Waals surface area (Å²) in [5, 5.41) is 6.80. The van der Waals surface area contributed by atoms with Gasteiger partial charge in [0.25, 0.3) is 5.91 Å². The van der Waals surface area contributed by atoms with Crippen LogP contribution in [0, 0.1) is 13.8 Å². The first-order valence-corrected chi connectivity index (χ1v) is 9.54. The zero-order valence-electron chi connectivity index (χ0n) is 16.4. The smallest absolute Gasteiger partial charge is 0.251 e. The summed E-state index contributed by atoms with van der Waals surface area (Å²) in [6, 6.07) is 15.0. The average molecular weight is 390 g/mol. The van der Waals surface area contributed by atoms with Crippen molar-refractivity contribution in [1.82, 2.24) is 15.5 Å². The fourth-order valence-electron chi connectivity index (χ4n) is 3.48. The minimum Gasteiger partial charge on any atom is -0.343 e. The first-order valence-electron chi connectivity index (χ1n) is 9.54. The highest BCUT2D eigenvalue weighted by atomic mass is 16.5. The summed E-state index contributed by atoms with van der Waals surface area (Å²) in [7, 11) is 0. The van der Waals surface area contributed by atoms with Crippen molar-refractivity contribution in [3.8, 4) is 0 Å². The van der Waals surface area contributed by atoms with E-state index in [0.29, 0.717) is 30.2 Å². The van der Waals surface area contributed by atoms with E-state index in [-0.39, 0.29) is 24.3 Å². The van der Waals surface area contributed by atoms with E-state index in [4.69, 9.17) is 4.52 Å². The quantitative estimate of drug-likeness (QED) is 0.723. The lowest BCUT2D eigenvalue weighted by Gasteiger charge is -2.19. The van der Waals surface area contributed by atoms with Crippen LogP contribution in [-0.2, 0) is 11.3 Å². The van der Waals surface area contributed by atoms with Crippen LogP contribution in [0.3, 0.4) is 0 Å². The number of amides is 2. The molecule has 4 rings (SSSR count). The predicted molar refractivity (Wildman–Crippen MR) is 108 cm³/mol. The highest BCUT2D eigenvalue weighted by molar-refractivity contribution is 5.97. The summed E-state index contributed by atoms with van der Waals surface area (Å²) < 4.78 is 5.28. The minimum absolute atomic E-state index is 0.0485. The molecule has 1 atom stereocenters. The molecule has 0 spiro atoms. The van der Waals surface area contributed by atoms with Crippen LogP contribution in [-0.4, -0.2) is 28.5 Å². The summed E-state index contributed by atoms with van der Waals surface area (Å²) in [5.74, 6) is 0.525. The monoisotopic (exact) mass is 390 g/mol. The number of hydrogen-bond donors (Lipinski definition) is 1. The number of anilines is 1. The Morgan fingerprint density at radius 1 is 1.21 bits per heavy atom. The molecule has 2 heterocycles. The van der Waals surface area contributed by atoms with Crippen molar-refractivity contribution < 1.29 is 14.1 Å². The van der Waals surface area contributed by atoms with Gasteiger partial charge in [0.2, 0.25) is 11.8 Å². The van der Waals surface area contributed by atoms with Crippen LogP contribution in [0.2, 0.25) is 0 Å². The molecule has 2 amide bonds. The number of aryl methyl sites for hydroxylation is 2. The van der Waals surface area contributed by atoms with Crippen molar-refractivity contribution in [1.29, 1.82) is 0 Å². The second-order valence-electron chi connectivity index (χ2n) is 7.29. The lowest BCUT2D eigenvalue weighted by molar-refractivity contribution is -0.117. The molecule has 7 nitrogen and oxygen atoms in total. The number of hydrogen-bond acceptors (Lipinski definition) is 5. The molecule has 1 N–H and O–H groups in total. The molecule has 0 saturated carbocycles. The van der Waals surface area contributed by atoms with Gasteiger partial charge >= 0.3 is 0 Å². The van der Waals surface area contributed by atoms with Crippen LogP contribution in [0.1, 0.15) is 45.5 Å². The second kappa shape index (κ2) is 7.87. The van der Waals surface area contributed by atoms with Gasteiger partial charge in [0.15, 0.2) is 5.82 Å². The Bertz CT molecular complexity index is 1050. The van der Waals surface area contributed by atoms with E-state index in [2.05, 4.69) is 15.5 Å². The highest BCUT2D eigenvalue weighted by Crippen LogP contribution is 2.32. The van der Waals surface area contributed by atoms with Gasteiger partial charge in [-0.3, -0.25) is 9.59 Å². The van der Waals surface area contributed by atoms with Crippen molar-refractivity contribution in [2.45, 2.75) is 32.7 Å². The molecule has 7 heteroatoms. The van der Waals surface area contributed by atoms with Gasteiger partial charge in [-0.05, 0) is 43.2 Å². The molecule has 1 unspecified atom stereocenters. The maximum Gasteiger partial charge on any atom is 0.251 e. The third-order valence-electron chi connectivity index (χ3n) is 5.07. The Morgan fingerprint density at radius 2 is 2.00 bits per heavy atom. The largest absolute Gasteiger partial charge is 0.343 e. The van der Waals surface area contributed by atoms with Gasteiger partial charge in [-0.15, -0.1) is 0 Å². The molecule has 2 aromatic carbocycles. The maximum absolute atomic E-state index is 12.6. The molecule has 1 saturated heterocycles. The van der Waals surface area contributed by atoms with Gasteiger partial charge in [0.1, 0.15) is 0 Å². The Hall–Kier alpha value is -3.48. The molecule has 0 bridgehead atoms. The molecule has 148 valence electrons. The number of nitrogens with one attached hydrogen (secondary N) is 1. The molecule has 0 aliphatic carbocycles. The van der Waals surface area contributed by atoms with Crippen LogP contribution in [0.25, 0.3) is 0 Å². The first kappa shape index (κ1) is 18.9. The molecular weight excluding hydrogens is 368 g/mol. The third kappa shape index (κ3) is 4.03. The normalized spacial score (nSPS) is 16.3. The SMILES string of the molecule is Cc1ccc(C)c(N2CC(c3noc(CNC(=O)c4ccccc4)n3)CC2=O)c1. The number of aromatic nitrogens is 2. The summed E-state index contributed by atoms with van der Waals surface area (Å²) in [4.78, 5) is 30.9. The van der Waals surface area contributed by atoms with Crippen LogP contribution in [0.5, 0.6) is 0 Å². The predicted octanol–water partition coefficient (Wildman–Crippen LogP) is 3.14. The summed E-state index contributed by atoms with van der Waals surface area (Å²) >= 11 is 0. The van der Waals surface area contributed by atoms with Crippen molar-refractivity contribution in [2.75, 3.05) is 11.4 Å². The molecule has 0 radical (unpaired) electrons. The standard InChI is InChI=1S/C22H22N4O3/c1-14-8-9-15(2)18(10-14)26-13-17(11-20(26)27)21-24-19(29-25-21)12-23-22(28)16-6-4-3-5-7-16/h3-10,17H,11-13H2,1-2H3,(H,23,28). The Kier molecular flexibility index (Phi) is 5.12. The molecule has 3 aromatic rings. The number of carbonyl (C=O) groups is 2. The lowest BCUT2D eigenvalue weighted by Crippen LogP contribution is -2.25. The third-order valence-corrected chi connectivity index (χ3v) is 5.07. The van der Waals surface area contributed by atoms with Crippen LogP contribution in [0.4, 0.5) is 5.69 Å². The van der Waals surface area contributed by atoms with E-state index < -0.39 is 0 Å². The number of benzene rings is 2. The highest BCUT2D eigenvalue weighted by Gasteiger charge is 2.35. The van der Waals surface area contributed by atoms with Gasteiger partial charge in [-0.1, -0.05) is 35.5 Å². The topological polar surface area (TPSA) is 88.3 Å². The van der Waals surface area contributed by atoms with Gasteiger partial charge in [-0.2, -0.15) is 4.98 Å². The molecule has 1 fully saturated rings. The second-order valence-corrected chi connectivity index (χ2v) is 7.29. The fourth-order valence-corrected chi connectivity index (χ4v) is 3.48. The van der Waals surface area contributed by atoms with Crippen molar-refractivity contribution in [2.24, 2.45) is 0 Å². The van der Waals surface area contributed by atoms with E-state index in [9.17, 15) is 9.59 Å².